The fourth-order valence-corrected chi connectivity index (χ4v) is 7.91. The first kappa shape index (κ1) is 22.9. The number of fused-ring (bicyclic) bond motifs is 7. The molecular formula is C28H20Cl2FN3O3. The Morgan fingerprint density at radius 1 is 0.946 bits per heavy atom. The van der Waals surface area contributed by atoms with Gasteiger partial charge in [-0.25, -0.2) is 4.39 Å². The van der Waals surface area contributed by atoms with Crippen molar-refractivity contribution in [2.24, 2.45) is 5.92 Å². The maximum absolute atomic E-state index is 14.8. The van der Waals surface area contributed by atoms with E-state index < -0.39 is 40.5 Å². The van der Waals surface area contributed by atoms with Gasteiger partial charge in [0.25, 0.3) is 5.91 Å². The number of carbonyl (C=O) groups is 3. The summed E-state index contributed by atoms with van der Waals surface area (Å²) in [6, 6.07) is 15.4. The molecule has 0 saturated carbocycles. The number of para-hydroxylation sites is 1. The van der Waals surface area contributed by atoms with Gasteiger partial charge in [0.1, 0.15) is 16.8 Å². The Balaban J connectivity index is 1.60. The lowest BCUT2D eigenvalue weighted by Gasteiger charge is -2.43. The predicted octanol–water partition coefficient (Wildman–Crippen LogP) is 5.15. The number of nitrogens with one attached hydrogen (secondary N) is 2. The van der Waals surface area contributed by atoms with E-state index >= 15 is 0 Å². The Morgan fingerprint density at radius 3 is 2.51 bits per heavy atom. The summed E-state index contributed by atoms with van der Waals surface area (Å²) in [7, 11) is 0. The molecular weight excluding hydrogens is 516 g/mol. The number of hydrogen-bond donors (Lipinski definition) is 2. The van der Waals surface area contributed by atoms with Crippen molar-refractivity contribution in [1.82, 2.24) is 4.90 Å². The topological polar surface area (TPSA) is 78.5 Å². The van der Waals surface area contributed by atoms with Crippen LogP contribution in [0, 0.1) is 11.7 Å². The van der Waals surface area contributed by atoms with E-state index in [-0.39, 0.29) is 16.4 Å². The van der Waals surface area contributed by atoms with E-state index in [2.05, 4.69) is 10.6 Å². The average Bonchev–Trinajstić information content (AvgIpc) is 3.58. The monoisotopic (exact) mass is 535 g/mol. The van der Waals surface area contributed by atoms with Crippen molar-refractivity contribution in [2.75, 3.05) is 17.2 Å². The first-order valence-electron chi connectivity index (χ1n) is 12.1. The predicted molar refractivity (Wildman–Crippen MR) is 137 cm³/mol. The molecule has 2 N–H and O–H groups in total. The summed E-state index contributed by atoms with van der Waals surface area (Å²) >= 11 is 12.6. The van der Waals surface area contributed by atoms with Crippen LogP contribution < -0.4 is 10.6 Å². The van der Waals surface area contributed by atoms with Crippen LogP contribution >= 0.6 is 23.2 Å². The number of amides is 2. The van der Waals surface area contributed by atoms with Gasteiger partial charge in [-0.05, 0) is 67.4 Å². The van der Waals surface area contributed by atoms with Crippen LogP contribution in [-0.4, -0.2) is 35.1 Å². The van der Waals surface area contributed by atoms with E-state index in [1.54, 1.807) is 36.4 Å². The van der Waals surface area contributed by atoms with Gasteiger partial charge < -0.3 is 10.6 Å². The third kappa shape index (κ3) is 2.62. The van der Waals surface area contributed by atoms with Crippen molar-refractivity contribution in [3.05, 3.63) is 93.2 Å². The largest absolute Gasteiger partial charge is 0.325 e. The molecule has 2 saturated heterocycles. The summed E-state index contributed by atoms with van der Waals surface area (Å²) in [5.41, 5.74) is -1.16. The highest BCUT2D eigenvalue weighted by atomic mass is 35.5. The minimum absolute atomic E-state index is 0.173. The number of carbonyl (C=O) groups excluding carboxylic acids is 3. The molecule has 37 heavy (non-hydrogen) atoms. The normalized spacial score (nSPS) is 29.4. The SMILES string of the molecule is O=C(c1ccc(Cl)cc1Cl)[C@H]1[C@H]2CCCN2[C@@]2(C(=O)Nc3ccc(F)cc32)[C@]12C(=O)Nc1ccccc12. The van der Waals surface area contributed by atoms with Gasteiger partial charge in [-0.2, -0.15) is 0 Å². The highest BCUT2D eigenvalue weighted by Crippen LogP contribution is 2.68. The molecule has 3 aromatic carbocycles. The van der Waals surface area contributed by atoms with E-state index in [9.17, 15) is 18.8 Å². The molecule has 4 aliphatic rings. The van der Waals surface area contributed by atoms with Gasteiger partial charge >= 0.3 is 0 Å². The van der Waals surface area contributed by atoms with Gasteiger partial charge in [0.2, 0.25) is 5.91 Å². The zero-order valence-electron chi connectivity index (χ0n) is 19.4. The second-order valence-electron chi connectivity index (χ2n) is 10.0. The highest BCUT2D eigenvalue weighted by Gasteiger charge is 2.81. The van der Waals surface area contributed by atoms with Crippen LogP contribution in [0.15, 0.2) is 60.7 Å². The number of Topliss-reactive ketones (excluding diaryl/α,β-unsaturated/α-hetero) is 1. The summed E-state index contributed by atoms with van der Waals surface area (Å²) in [5, 5.41) is 6.41. The summed E-state index contributed by atoms with van der Waals surface area (Å²) in [4.78, 5) is 45.1. The number of ketones is 1. The van der Waals surface area contributed by atoms with Crippen molar-refractivity contribution in [1.29, 1.82) is 0 Å². The average molecular weight is 536 g/mol. The van der Waals surface area contributed by atoms with Crippen molar-refractivity contribution < 1.29 is 18.8 Å². The van der Waals surface area contributed by atoms with Crippen molar-refractivity contribution in [2.45, 2.75) is 29.8 Å². The quantitative estimate of drug-likeness (QED) is 0.445. The maximum atomic E-state index is 14.8. The molecule has 2 amide bonds. The van der Waals surface area contributed by atoms with Gasteiger partial charge in [-0.3, -0.25) is 19.3 Å². The molecule has 0 aliphatic carbocycles. The van der Waals surface area contributed by atoms with Gasteiger partial charge in [-0.15, -0.1) is 0 Å². The third-order valence-corrected chi connectivity index (χ3v) is 9.09. The lowest BCUT2D eigenvalue weighted by atomic mass is 9.57. The van der Waals surface area contributed by atoms with Crippen molar-refractivity contribution in [3.63, 3.8) is 0 Å². The molecule has 2 fully saturated rings. The summed E-state index contributed by atoms with van der Waals surface area (Å²) < 4.78 is 14.8. The molecule has 4 aliphatic heterocycles. The van der Waals surface area contributed by atoms with Gasteiger partial charge in [0.05, 0.1) is 10.9 Å². The maximum Gasteiger partial charge on any atom is 0.251 e. The molecule has 3 aromatic rings. The number of anilines is 2. The van der Waals surface area contributed by atoms with Crippen LogP contribution in [0.2, 0.25) is 10.0 Å². The Labute approximate surface area is 221 Å². The Morgan fingerprint density at radius 2 is 1.70 bits per heavy atom. The number of nitrogens with zero attached hydrogens (tertiary/aromatic N) is 1. The zero-order valence-corrected chi connectivity index (χ0v) is 20.9. The lowest BCUT2D eigenvalue weighted by Crippen LogP contribution is -2.62. The minimum Gasteiger partial charge on any atom is -0.325 e. The van der Waals surface area contributed by atoms with Crippen LogP contribution in [0.1, 0.15) is 34.3 Å². The summed E-state index contributed by atoms with van der Waals surface area (Å²) in [6.07, 6.45) is 1.32. The molecule has 4 atom stereocenters. The van der Waals surface area contributed by atoms with Crippen LogP contribution in [0.3, 0.4) is 0 Å². The molecule has 0 radical (unpaired) electrons. The molecule has 186 valence electrons. The smallest absolute Gasteiger partial charge is 0.251 e. The van der Waals surface area contributed by atoms with E-state index in [1.807, 2.05) is 4.90 Å². The first-order chi connectivity index (χ1) is 17.8. The van der Waals surface area contributed by atoms with E-state index in [1.165, 1.54) is 24.3 Å². The standard InChI is InChI=1S/C28H20Cl2FN3O3/c29-14-7-9-16(19(30)12-14)24(35)23-22-6-3-11-34(22)28(18-13-15(31)8-10-21(18)33-26(28)37)27(23)17-4-1-2-5-20(17)32-25(27)36/h1-2,4-5,7-10,12-13,22-23H,3,6,11H2,(H,32,36)(H,33,37)/t22-,23-,27+,28+/m1/s1. The Hall–Kier alpha value is -3.26. The molecule has 4 heterocycles. The molecule has 9 heteroatoms. The van der Waals surface area contributed by atoms with Crippen LogP contribution in [-0.2, 0) is 20.5 Å². The Kier molecular flexibility index (Phi) is 4.72. The van der Waals surface area contributed by atoms with E-state index in [0.29, 0.717) is 40.5 Å². The second-order valence-corrected chi connectivity index (χ2v) is 10.9. The summed E-state index contributed by atoms with van der Waals surface area (Å²) in [5.74, 6) is -2.73. The molecule has 2 spiro atoms. The van der Waals surface area contributed by atoms with Crippen LogP contribution in [0.4, 0.5) is 15.8 Å². The van der Waals surface area contributed by atoms with Gasteiger partial charge in [-0.1, -0.05) is 41.4 Å². The number of rotatable bonds is 2. The molecule has 0 bridgehead atoms. The fourth-order valence-electron chi connectivity index (χ4n) is 7.41. The van der Waals surface area contributed by atoms with Crippen molar-refractivity contribution in [3.8, 4) is 0 Å². The van der Waals surface area contributed by atoms with E-state index in [0.717, 1.165) is 6.42 Å². The van der Waals surface area contributed by atoms with Gasteiger partial charge in [0.15, 0.2) is 5.78 Å². The number of benzene rings is 3. The zero-order chi connectivity index (χ0) is 25.7. The second kappa shape index (κ2) is 7.63. The fraction of sp³-hybridized carbons (Fsp3) is 0.250. The van der Waals surface area contributed by atoms with Crippen LogP contribution in [0.5, 0.6) is 0 Å². The number of hydrogen-bond acceptors (Lipinski definition) is 4. The highest BCUT2D eigenvalue weighted by molar-refractivity contribution is 6.37. The summed E-state index contributed by atoms with van der Waals surface area (Å²) in [6.45, 7) is 0.476. The van der Waals surface area contributed by atoms with E-state index in [4.69, 9.17) is 23.2 Å². The van der Waals surface area contributed by atoms with Gasteiger partial charge in [0, 0.05) is 33.6 Å². The third-order valence-electron chi connectivity index (χ3n) is 8.54. The van der Waals surface area contributed by atoms with Crippen LogP contribution in [0.25, 0.3) is 0 Å². The lowest BCUT2D eigenvalue weighted by molar-refractivity contribution is -0.137. The Bertz CT molecular complexity index is 1560. The molecule has 0 aromatic heterocycles. The minimum atomic E-state index is -1.65. The van der Waals surface area contributed by atoms with Crippen molar-refractivity contribution >= 4 is 52.2 Å². The first-order valence-corrected chi connectivity index (χ1v) is 12.9. The molecule has 6 nitrogen and oxygen atoms in total. The molecule has 0 unspecified atom stereocenters. The molecule has 7 rings (SSSR count). The number of halogens is 3.